The van der Waals surface area contributed by atoms with Gasteiger partial charge in [0.25, 0.3) is 15.7 Å². The van der Waals surface area contributed by atoms with E-state index in [1.807, 2.05) is 0 Å². The lowest BCUT2D eigenvalue weighted by molar-refractivity contribution is -0.0438. The molecule has 28 heavy (non-hydrogen) atoms. The van der Waals surface area contributed by atoms with Crippen molar-refractivity contribution in [3.63, 3.8) is 0 Å². The number of carbonyl (C=O) groups is 1. The van der Waals surface area contributed by atoms with Gasteiger partial charge >= 0.3 is 5.51 Å². The van der Waals surface area contributed by atoms with E-state index in [2.05, 4.69) is 15.3 Å². The maximum absolute atomic E-state index is 12.8. The van der Waals surface area contributed by atoms with Crippen LogP contribution in [0.15, 0.2) is 41.7 Å². The van der Waals surface area contributed by atoms with Crippen LogP contribution in [0.4, 0.5) is 13.2 Å². The molecule has 8 nitrogen and oxygen atoms in total. The first-order valence-electron chi connectivity index (χ1n) is 7.78. The van der Waals surface area contributed by atoms with Crippen molar-refractivity contribution in [3.8, 4) is 5.88 Å². The third-order valence-corrected chi connectivity index (χ3v) is 4.83. The number of pyridine rings is 2. The van der Waals surface area contributed by atoms with Gasteiger partial charge in [0.1, 0.15) is 6.61 Å². The van der Waals surface area contributed by atoms with Crippen LogP contribution in [0.25, 0.3) is 0 Å². The van der Waals surface area contributed by atoms with Crippen LogP contribution in [0.5, 0.6) is 5.88 Å². The number of nitrogens with zero attached hydrogens (tertiary/aromatic N) is 2. The van der Waals surface area contributed by atoms with Crippen molar-refractivity contribution in [1.82, 2.24) is 15.3 Å². The molecule has 152 valence electrons. The molecular weight excluding hydrogens is 403 g/mol. The number of sulfone groups is 1. The Morgan fingerprint density at radius 2 is 1.82 bits per heavy atom. The Kier molecular flexibility index (Phi) is 6.91. The highest BCUT2D eigenvalue weighted by molar-refractivity contribution is 7.92. The van der Waals surface area contributed by atoms with Crippen molar-refractivity contribution in [2.75, 3.05) is 20.3 Å². The van der Waals surface area contributed by atoms with Gasteiger partial charge in [-0.15, -0.1) is 0 Å². The van der Waals surface area contributed by atoms with Gasteiger partial charge in [-0.05, 0) is 18.2 Å². The fraction of sp³-hybridized carbons (Fsp3) is 0.312. The fourth-order valence-corrected chi connectivity index (χ4v) is 2.94. The molecule has 0 saturated carbocycles. The van der Waals surface area contributed by atoms with Crippen LogP contribution in [0, 0.1) is 0 Å². The first-order valence-corrected chi connectivity index (χ1v) is 9.27. The zero-order valence-corrected chi connectivity index (χ0v) is 15.4. The van der Waals surface area contributed by atoms with E-state index in [-0.39, 0.29) is 19.0 Å². The van der Waals surface area contributed by atoms with Crippen LogP contribution in [0.2, 0.25) is 0 Å². The molecule has 0 fully saturated rings. The van der Waals surface area contributed by atoms with Gasteiger partial charge in [0.15, 0.2) is 5.03 Å². The summed E-state index contributed by atoms with van der Waals surface area (Å²) in [5, 5.41) is 0.989. The molecule has 0 radical (unpaired) electrons. The highest BCUT2D eigenvalue weighted by atomic mass is 32.2. The second-order valence-electron chi connectivity index (χ2n) is 5.30. The maximum atomic E-state index is 12.8. The second-order valence-corrected chi connectivity index (χ2v) is 7.15. The Labute approximate surface area is 158 Å². The van der Waals surface area contributed by atoms with Crippen molar-refractivity contribution in [2.24, 2.45) is 0 Å². The number of ether oxygens (including phenoxy) is 2. The number of alkyl halides is 3. The van der Waals surface area contributed by atoms with E-state index in [1.165, 1.54) is 13.3 Å². The van der Waals surface area contributed by atoms with E-state index in [0.29, 0.717) is 12.2 Å². The Bertz CT molecular complexity index is 935. The summed E-state index contributed by atoms with van der Waals surface area (Å²) in [6.07, 6.45) is 2.32. The average Bonchev–Trinajstić information content (AvgIpc) is 2.66. The lowest BCUT2D eigenvalue weighted by Gasteiger charge is -2.13. The summed E-state index contributed by atoms with van der Waals surface area (Å²) in [7, 11) is -4.29. The van der Waals surface area contributed by atoms with E-state index in [4.69, 9.17) is 9.47 Å². The van der Waals surface area contributed by atoms with Gasteiger partial charge in [0.05, 0.1) is 12.2 Å². The molecule has 1 N–H and O–H groups in total. The zero-order chi connectivity index (χ0) is 20.8. The molecule has 0 aliphatic rings. The van der Waals surface area contributed by atoms with E-state index in [1.54, 1.807) is 12.1 Å². The summed E-state index contributed by atoms with van der Waals surface area (Å²) < 4.78 is 72.0. The van der Waals surface area contributed by atoms with Crippen molar-refractivity contribution in [1.29, 1.82) is 0 Å². The Morgan fingerprint density at radius 3 is 2.50 bits per heavy atom. The summed E-state index contributed by atoms with van der Waals surface area (Å²) >= 11 is 0. The van der Waals surface area contributed by atoms with E-state index in [0.717, 1.165) is 18.3 Å². The predicted molar refractivity (Wildman–Crippen MR) is 90.3 cm³/mol. The monoisotopic (exact) mass is 419 g/mol. The summed E-state index contributed by atoms with van der Waals surface area (Å²) in [6, 6.07) is 5.27. The fourth-order valence-electron chi connectivity index (χ4n) is 2.07. The SMILES string of the molecule is COCCOc1ncccc1CNC(=O)c1cccnc1S(=O)(=O)C(F)(F)F. The summed E-state index contributed by atoms with van der Waals surface area (Å²) in [5.41, 5.74) is -5.86. The molecule has 2 aromatic heterocycles. The van der Waals surface area contributed by atoms with Crippen LogP contribution in [0.3, 0.4) is 0 Å². The lowest BCUT2D eigenvalue weighted by Crippen LogP contribution is -2.30. The molecule has 1 amide bonds. The zero-order valence-electron chi connectivity index (χ0n) is 14.6. The highest BCUT2D eigenvalue weighted by Gasteiger charge is 2.49. The standard InChI is InChI=1S/C16H16F3N3O5S/c1-26-8-9-27-14-11(4-2-6-20-14)10-22-13(23)12-5-3-7-21-15(12)28(24,25)16(17,18)19/h2-7H,8-10H2,1H3,(H,22,23). The molecule has 12 heteroatoms. The molecule has 2 rings (SSSR count). The molecule has 0 spiro atoms. The highest BCUT2D eigenvalue weighted by Crippen LogP contribution is 2.30. The number of rotatable bonds is 8. The summed E-state index contributed by atoms with van der Waals surface area (Å²) in [4.78, 5) is 19.6. The number of methoxy groups -OCH3 is 1. The van der Waals surface area contributed by atoms with E-state index < -0.39 is 31.8 Å². The van der Waals surface area contributed by atoms with Gasteiger partial charge in [-0.25, -0.2) is 18.4 Å². The van der Waals surface area contributed by atoms with Gasteiger partial charge in [0.2, 0.25) is 5.88 Å². The maximum Gasteiger partial charge on any atom is 0.503 e. The molecule has 0 aliphatic carbocycles. The third kappa shape index (κ3) is 4.95. The minimum absolute atomic E-state index is 0.157. The van der Waals surface area contributed by atoms with Crippen molar-refractivity contribution in [2.45, 2.75) is 17.1 Å². The van der Waals surface area contributed by atoms with E-state index >= 15 is 0 Å². The quantitative estimate of drug-likeness (QED) is 0.649. The van der Waals surface area contributed by atoms with Gasteiger partial charge in [-0.2, -0.15) is 13.2 Å². The summed E-state index contributed by atoms with van der Waals surface area (Å²) in [6.45, 7) is 0.344. The first-order chi connectivity index (χ1) is 13.2. The number of hydrogen-bond donors (Lipinski definition) is 1. The van der Waals surface area contributed by atoms with Crippen molar-refractivity contribution >= 4 is 15.7 Å². The third-order valence-electron chi connectivity index (χ3n) is 3.39. The van der Waals surface area contributed by atoms with E-state index in [9.17, 15) is 26.4 Å². The number of nitrogens with one attached hydrogen (secondary N) is 1. The Hall–Kier alpha value is -2.73. The second kappa shape index (κ2) is 8.97. The first kappa shape index (κ1) is 21.6. The number of amides is 1. The molecule has 2 aromatic rings. The number of hydrogen-bond acceptors (Lipinski definition) is 7. The van der Waals surface area contributed by atoms with Crippen LogP contribution >= 0.6 is 0 Å². The van der Waals surface area contributed by atoms with Crippen LogP contribution in [-0.2, 0) is 21.1 Å². The number of carbonyl (C=O) groups excluding carboxylic acids is 1. The lowest BCUT2D eigenvalue weighted by atomic mass is 10.2. The van der Waals surface area contributed by atoms with Crippen molar-refractivity contribution in [3.05, 3.63) is 47.8 Å². The Morgan fingerprint density at radius 1 is 1.14 bits per heavy atom. The van der Waals surface area contributed by atoms with Crippen molar-refractivity contribution < 1.29 is 35.9 Å². The topological polar surface area (TPSA) is 107 Å². The van der Waals surface area contributed by atoms with Crippen LogP contribution in [-0.4, -0.2) is 50.1 Å². The molecule has 0 saturated heterocycles. The normalized spacial score (nSPS) is 11.9. The molecule has 0 atom stereocenters. The molecule has 0 aliphatic heterocycles. The van der Waals surface area contributed by atoms with Gasteiger partial charge < -0.3 is 14.8 Å². The number of aromatic nitrogens is 2. The van der Waals surface area contributed by atoms with Gasteiger partial charge in [0, 0.05) is 31.6 Å². The minimum atomic E-state index is -5.78. The van der Waals surface area contributed by atoms with Gasteiger partial charge in [-0.1, -0.05) is 6.07 Å². The van der Waals surface area contributed by atoms with Crippen LogP contribution in [0.1, 0.15) is 15.9 Å². The molecule has 0 bridgehead atoms. The smallest absolute Gasteiger partial charge is 0.475 e. The molecule has 0 aromatic carbocycles. The molecule has 2 heterocycles. The predicted octanol–water partition coefficient (Wildman–Crippen LogP) is 1.73. The molecular formula is C16H16F3N3O5S. The largest absolute Gasteiger partial charge is 0.503 e. The minimum Gasteiger partial charge on any atom is -0.475 e. The number of halogens is 3. The van der Waals surface area contributed by atoms with Crippen LogP contribution < -0.4 is 10.1 Å². The summed E-state index contributed by atoms with van der Waals surface area (Å²) in [5.74, 6) is -0.836. The average molecular weight is 419 g/mol. The molecule has 0 unspecified atom stereocenters. The Balaban J connectivity index is 2.20. The van der Waals surface area contributed by atoms with Gasteiger partial charge in [-0.3, -0.25) is 4.79 Å².